The average Bonchev–Trinajstić information content (AvgIpc) is 2.33. The van der Waals surface area contributed by atoms with E-state index in [1.54, 1.807) is 17.0 Å². The summed E-state index contributed by atoms with van der Waals surface area (Å²) >= 11 is 0. The molecular weight excluding hydrogens is 216 g/mol. The molecule has 1 aromatic carbocycles. The van der Waals surface area contributed by atoms with Crippen molar-refractivity contribution in [3.63, 3.8) is 0 Å². The number of aromatic nitrogens is 1. The number of hydrogen-bond acceptors (Lipinski definition) is 2. The van der Waals surface area contributed by atoms with Gasteiger partial charge in [0, 0.05) is 24.7 Å². The lowest BCUT2D eigenvalue weighted by molar-refractivity contribution is -0.605. The molecule has 0 N–H and O–H groups in total. The van der Waals surface area contributed by atoms with Crippen LogP contribution < -0.4 is 9.63 Å². The van der Waals surface area contributed by atoms with Gasteiger partial charge in [0.2, 0.25) is 5.91 Å². The van der Waals surface area contributed by atoms with Crippen molar-refractivity contribution in [1.82, 2.24) is 0 Å². The van der Waals surface area contributed by atoms with E-state index in [0.717, 1.165) is 5.69 Å². The Morgan fingerprint density at radius 3 is 2.12 bits per heavy atom. The molecule has 1 aromatic heterocycles. The van der Waals surface area contributed by atoms with Crippen LogP contribution in [0.2, 0.25) is 0 Å². The van der Waals surface area contributed by atoms with Crippen LogP contribution in [0.4, 0.5) is 11.4 Å². The van der Waals surface area contributed by atoms with Crippen LogP contribution in [-0.2, 0) is 4.79 Å². The summed E-state index contributed by atoms with van der Waals surface area (Å²) in [5, 5.41) is 11.0. The molecule has 2 rings (SSSR count). The van der Waals surface area contributed by atoms with Gasteiger partial charge in [0.1, 0.15) is 0 Å². The summed E-state index contributed by atoms with van der Waals surface area (Å²) in [6.45, 7) is 1.49. The monoisotopic (exact) mass is 228 g/mol. The summed E-state index contributed by atoms with van der Waals surface area (Å²) in [5.74, 6) is -0.0974. The van der Waals surface area contributed by atoms with Crippen molar-refractivity contribution >= 4 is 17.3 Å². The van der Waals surface area contributed by atoms with Crippen LogP contribution in [0.1, 0.15) is 6.92 Å². The molecule has 0 radical (unpaired) electrons. The minimum Gasteiger partial charge on any atom is -0.619 e. The highest BCUT2D eigenvalue weighted by Gasteiger charge is 2.14. The molecule has 17 heavy (non-hydrogen) atoms. The molecule has 0 saturated heterocycles. The van der Waals surface area contributed by atoms with Gasteiger partial charge in [-0.3, -0.25) is 9.69 Å². The largest absolute Gasteiger partial charge is 0.619 e. The van der Waals surface area contributed by atoms with Gasteiger partial charge >= 0.3 is 0 Å². The number of para-hydroxylation sites is 1. The summed E-state index contributed by atoms with van der Waals surface area (Å²) in [6, 6.07) is 12.5. The van der Waals surface area contributed by atoms with E-state index >= 15 is 0 Å². The van der Waals surface area contributed by atoms with Crippen LogP contribution in [0.3, 0.4) is 0 Å². The first-order valence-electron chi connectivity index (χ1n) is 5.23. The Morgan fingerprint density at radius 2 is 1.59 bits per heavy atom. The third kappa shape index (κ3) is 2.42. The van der Waals surface area contributed by atoms with Crippen molar-refractivity contribution in [3.8, 4) is 0 Å². The average molecular weight is 228 g/mol. The van der Waals surface area contributed by atoms with Gasteiger partial charge in [-0.15, -0.1) is 0 Å². The highest BCUT2D eigenvalue weighted by atomic mass is 16.5. The van der Waals surface area contributed by atoms with Crippen LogP contribution in [-0.4, -0.2) is 5.91 Å². The first-order valence-corrected chi connectivity index (χ1v) is 5.23. The van der Waals surface area contributed by atoms with Crippen molar-refractivity contribution < 1.29 is 9.52 Å². The predicted octanol–water partition coefficient (Wildman–Crippen LogP) is 2.00. The molecule has 4 heteroatoms. The van der Waals surface area contributed by atoms with Crippen molar-refractivity contribution in [3.05, 3.63) is 60.1 Å². The number of nitrogens with zero attached hydrogens (tertiary/aromatic N) is 2. The summed E-state index contributed by atoms with van der Waals surface area (Å²) in [6.07, 6.45) is 2.74. The lowest BCUT2D eigenvalue weighted by Crippen LogP contribution is -2.27. The molecule has 1 amide bonds. The molecule has 4 nitrogen and oxygen atoms in total. The molecule has 86 valence electrons. The highest BCUT2D eigenvalue weighted by Crippen LogP contribution is 2.23. The fraction of sp³-hybridized carbons (Fsp3) is 0.0769. The minimum absolute atomic E-state index is 0.0974. The number of benzene rings is 1. The van der Waals surface area contributed by atoms with Gasteiger partial charge in [-0.1, -0.05) is 18.2 Å². The van der Waals surface area contributed by atoms with Crippen molar-refractivity contribution in [1.29, 1.82) is 0 Å². The first kappa shape index (κ1) is 11.1. The molecule has 0 bridgehead atoms. The van der Waals surface area contributed by atoms with Gasteiger partial charge in [-0.2, -0.15) is 4.73 Å². The lowest BCUT2D eigenvalue weighted by Gasteiger charge is -2.20. The number of pyridine rings is 1. The van der Waals surface area contributed by atoms with Gasteiger partial charge < -0.3 is 5.21 Å². The number of hydrogen-bond donors (Lipinski definition) is 0. The zero-order valence-electron chi connectivity index (χ0n) is 9.41. The molecular formula is C13H12N2O2. The van der Waals surface area contributed by atoms with E-state index in [1.165, 1.54) is 19.3 Å². The predicted molar refractivity (Wildman–Crippen MR) is 64.7 cm³/mol. The molecule has 2 aromatic rings. The quantitative estimate of drug-likeness (QED) is 0.583. The Hall–Kier alpha value is -2.36. The van der Waals surface area contributed by atoms with E-state index in [0.29, 0.717) is 10.4 Å². The molecule has 0 atom stereocenters. The van der Waals surface area contributed by atoms with Gasteiger partial charge in [-0.05, 0) is 12.1 Å². The molecule has 0 spiro atoms. The second-order valence-electron chi connectivity index (χ2n) is 3.61. The molecule has 0 fully saturated rings. The van der Waals surface area contributed by atoms with Crippen LogP contribution in [0.25, 0.3) is 0 Å². The van der Waals surface area contributed by atoms with Gasteiger partial charge in [0.05, 0.1) is 5.69 Å². The molecule has 1 heterocycles. The minimum atomic E-state index is -0.0974. The second-order valence-corrected chi connectivity index (χ2v) is 3.61. The van der Waals surface area contributed by atoms with Crippen LogP contribution >= 0.6 is 0 Å². The Kier molecular flexibility index (Phi) is 3.05. The molecule has 0 aliphatic rings. The van der Waals surface area contributed by atoms with E-state index in [-0.39, 0.29) is 5.91 Å². The fourth-order valence-corrected chi connectivity index (χ4v) is 1.64. The highest BCUT2D eigenvalue weighted by molar-refractivity contribution is 5.98. The van der Waals surface area contributed by atoms with Crippen LogP contribution in [0, 0.1) is 5.21 Å². The summed E-state index contributed by atoms with van der Waals surface area (Å²) < 4.78 is 0.687. The Bertz CT molecular complexity index is 509. The van der Waals surface area contributed by atoms with Crippen molar-refractivity contribution in [2.45, 2.75) is 6.92 Å². The molecule has 0 unspecified atom stereocenters. The normalized spacial score (nSPS) is 9.94. The van der Waals surface area contributed by atoms with E-state index in [4.69, 9.17) is 0 Å². The maximum atomic E-state index is 11.7. The third-order valence-corrected chi connectivity index (χ3v) is 2.37. The van der Waals surface area contributed by atoms with Crippen LogP contribution in [0.15, 0.2) is 54.9 Å². The van der Waals surface area contributed by atoms with Gasteiger partial charge in [0.15, 0.2) is 12.4 Å². The summed E-state index contributed by atoms with van der Waals surface area (Å²) in [5.41, 5.74) is 1.46. The van der Waals surface area contributed by atoms with Crippen LogP contribution in [0.5, 0.6) is 0 Å². The summed E-state index contributed by atoms with van der Waals surface area (Å²) in [4.78, 5) is 13.2. The topological polar surface area (TPSA) is 47.2 Å². The van der Waals surface area contributed by atoms with E-state index in [9.17, 15) is 10.0 Å². The standard InChI is InChI=1S/C13H12N2O2/c1-11(16)15(12-5-3-2-4-6-12)13-7-9-14(17)10-8-13/h2-10H,1H3. The molecule has 0 aliphatic carbocycles. The number of rotatable bonds is 2. The van der Waals surface area contributed by atoms with Crippen molar-refractivity contribution in [2.24, 2.45) is 0 Å². The Morgan fingerprint density at radius 1 is 1.06 bits per heavy atom. The van der Waals surface area contributed by atoms with Gasteiger partial charge in [-0.25, -0.2) is 0 Å². The molecule has 0 saturated carbocycles. The zero-order chi connectivity index (χ0) is 12.3. The smallest absolute Gasteiger partial charge is 0.228 e. The third-order valence-electron chi connectivity index (χ3n) is 2.37. The summed E-state index contributed by atoms with van der Waals surface area (Å²) in [7, 11) is 0. The Labute approximate surface area is 99.3 Å². The first-order chi connectivity index (χ1) is 8.18. The lowest BCUT2D eigenvalue weighted by atomic mass is 10.2. The van der Waals surface area contributed by atoms with Gasteiger partial charge in [0.25, 0.3) is 0 Å². The van der Waals surface area contributed by atoms with Crippen molar-refractivity contribution in [2.75, 3.05) is 4.90 Å². The molecule has 0 aliphatic heterocycles. The maximum Gasteiger partial charge on any atom is 0.228 e. The van der Waals surface area contributed by atoms with E-state index in [1.807, 2.05) is 30.3 Å². The number of carbonyl (C=O) groups is 1. The fourth-order valence-electron chi connectivity index (χ4n) is 1.64. The zero-order valence-corrected chi connectivity index (χ0v) is 9.41. The number of amides is 1. The maximum absolute atomic E-state index is 11.7. The SMILES string of the molecule is CC(=O)N(c1ccccc1)c1cc[n+]([O-])cc1. The van der Waals surface area contributed by atoms with E-state index < -0.39 is 0 Å². The van der Waals surface area contributed by atoms with E-state index in [2.05, 4.69) is 0 Å². The number of anilines is 2. The second kappa shape index (κ2) is 4.65. The Balaban J connectivity index is 2.43. The number of carbonyl (C=O) groups excluding carboxylic acids is 1.